The van der Waals surface area contributed by atoms with Crippen LogP contribution in [0.15, 0.2) is 53.9 Å². The van der Waals surface area contributed by atoms with Gasteiger partial charge in [0.2, 0.25) is 0 Å². The van der Waals surface area contributed by atoms with Crippen molar-refractivity contribution in [2.24, 2.45) is 0 Å². The molecule has 0 atom stereocenters. The van der Waals surface area contributed by atoms with Gasteiger partial charge in [-0.3, -0.25) is 10.1 Å². The van der Waals surface area contributed by atoms with E-state index in [4.69, 9.17) is 21.1 Å². The molecule has 32 heavy (non-hydrogen) atoms. The van der Waals surface area contributed by atoms with Gasteiger partial charge in [0, 0.05) is 36.6 Å². The van der Waals surface area contributed by atoms with Gasteiger partial charge >= 0.3 is 0 Å². The van der Waals surface area contributed by atoms with Gasteiger partial charge in [0.15, 0.2) is 11.5 Å². The van der Waals surface area contributed by atoms with Crippen LogP contribution in [0.5, 0.6) is 11.5 Å². The molecule has 0 aliphatic heterocycles. The van der Waals surface area contributed by atoms with Crippen molar-refractivity contribution in [3.05, 3.63) is 79.5 Å². The lowest BCUT2D eigenvalue weighted by molar-refractivity contribution is -0.384. The SMILES string of the molecule is CCOc1cc(CNCCNc2ccc([N+](=O)[O-])cc2Cl)ccc1OCc1cccs1.Cl. The summed E-state index contributed by atoms with van der Waals surface area (Å²) in [4.78, 5) is 11.5. The average Bonchev–Trinajstić information content (AvgIpc) is 3.27. The van der Waals surface area contributed by atoms with Gasteiger partial charge in [0.25, 0.3) is 5.69 Å². The minimum Gasteiger partial charge on any atom is -0.490 e. The van der Waals surface area contributed by atoms with Crippen LogP contribution in [0.2, 0.25) is 5.02 Å². The third-order valence-corrected chi connectivity index (χ3v) is 5.53. The van der Waals surface area contributed by atoms with Crippen LogP contribution in [0, 0.1) is 10.1 Å². The van der Waals surface area contributed by atoms with E-state index in [1.54, 1.807) is 17.4 Å². The molecule has 0 aliphatic carbocycles. The highest BCUT2D eigenvalue weighted by Gasteiger charge is 2.09. The Labute approximate surface area is 202 Å². The molecule has 3 aromatic rings. The molecular weight excluding hydrogens is 473 g/mol. The fourth-order valence-electron chi connectivity index (χ4n) is 2.87. The first-order chi connectivity index (χ1) is 15.1. The average molecular weight is 498 g/mol. The monoisotopic (exact) mass is 497 g/mol. The van der Waals surface area contributed by atoms with Gasteiger partial charge in [-0.1, -0.05) is 23.7 Å². The van der Waals surface area contributed by atoms with Gasteiger partial charge in [-0.05, 0) is 42.1 Å². The number of halogens is 2. The highest BCUT2D eigenvalue weighted by molar-refractivity contribution is 7.09. The number of nitrogens with zero attached hydrogens (tertiary/aromatic N) is 1. The molecule has 0 aliphatic rings. The zero-order valence-corrected chi connectivity index (χ0v) is 19.9. The van der Waals surface area contributed by atoms with Crippen molar-refractivity contribution in [3.8, 4) is 11.5 Å². The lowest BCUT2D eigenvalue weighted by Crippen LogP contribution is -2.22. The summed E-state index contributed by atoms with van der Waals surface area (Å²) in [5.41, 5.74) is 1.72. The van der Waals surface area contributed by atoms with E-state index >= 15 is 0 Å². The van der Waals surface area contributed by atoms with E-state index in [0.29, 0.717) is 43.6 Å². The van der Waals surface area contributed by atoms with Gasteiger partial charge in [-0.15, -0.1) is 23.7 Å². The number of anilines is 1. The molecule has 172 valence electrons. The molecule has 2 N–H and O–H groups in total. The molecule has 0 saturated heterocycles. The van der Waals surface area contributed by atoms with E-state index in [2.05, 4.69) is 10.6 Å². The Morgan fingerprint density at radius 1 is 1.09 bits per heavy atom. The van der Waals surface area contributed by atoms with Crippen molar-refractivity contribution in [2.75, 3.05) is 25.0 Å². The van der Waals surface area contributed by atoms with Crippen molar-refractivity contribution in [3.63, 3.8) is 0 Å². The number of hydrogen-bond acceptors (Lipinski definition) is 7. The predicted molar refractivity (Wildman–Crippen MR) is 132 cm³/mol. The summed E-state index contributed by atoms with van der Waals surface area (Å²) in [6.45, 7) is 5.01. The molecule has 0 saturated carbocycles. The number of nitro benzene ring substituents is 1. The zero-order chi connectivity index (χ0) is 22.1. The fraction of sp³-hybridized carbons (Fsp3) is 0.273. The molecular formula is C22H25Cl2N3O4S. The van der Waals surface area contributed by atoms with Crippen molar-refractivity contribution in [1.29, 1.82) is 0 Å². The standard InChI is InChI=1S/C22H24ClN3O4S.ClH/c1-2-29-22-12-16(5-8-21(22)30-15-18-4-3-11-31-18)14-24-9-10-25-20-7-6-17(26(27)28)13-19(20)23;/h3-8,11-13,24-25H,2,9-10,14-15H2,1H3;1H. The number of benzene rings is 2. The second-order valence-corrected chi connectivity index (χ2v) is 8.05. The van der Waals surface area contributed by atoms with Crippen LogP contribution >= 0.6 is 35.3 Å². The van der Waals surface area contributed by atoms with Gasteiger partial charge < -0.3 is 20.1 Å². The topological polar surface area (TPSA) is 85.7 Å². The number of nitro groups is 1. The third-order valence-electron chi connectivity index (χ3n) is 4.37. The van der Waals surface area contributed by atoms with Crippen LogP contribution < -0.4 is 20.1 Å². The molecule has 0 bridgehead atoms. The Hall–Kier alpha value is -2.52. The maximum atomic E-state index is 10.8. The summed E-state index contributed by atoms with van der Waals surface area (Å²) in [7, 11) is 0. The lowest BCUT2D eigenvalue weighted by Gasteiger charge is -2.14. The molecule has 0 amide bonds. The first-order valence-corrected chi connectivity index (χ1v) is 11.1. The smallest absolute Gasteiger partial charge is 0.271 e. The van der Waals surface area contributed by atoms with E-state index in [1.165, 1.54) is 12.1 Å². The Morgan fingerprint density at radius 2 is 1.94 bits per heavy atom. The van der Waals surface area contributed by atoms with Crippen LogP contribution in [0.1, 0.15) is 17.4 Å². The summed E-state index contributed by atoms with van der Waals surface area (Å²) >= 11 is 7.75. The summed E-state index contributed by atoms with van der Waals surface area (Å²) < 4.78 is 11.7. The minimum atomic E-state index is -0.466. The highest BCUT2D eigenvalue weighted by atomic mass is 35.5. The van der Waals surface area contributed by atoms with Crippen molar-refractivity contribution in [1.82, 2.24) is 5.32 Å². The van der Waals surface area contributed by atoms with E-state index in [1.807, 2.05) is 42.6 Å². The number of hydrogen-bond donors (Lipinski definition) is 2. The first kappa shape index (κ1) is 25.7. The van der Waals surface area contributed by atoms with E-state index in [-0.39, 0.29) is 18.1 Å². The van der Waals surface area contributed by atoms with E-state index in [0.717, 1.165) is 21.9 Å². The molecule has 2 aromatic carbocycles. The second-order valence-electron chi connectivity index (χ2n) is 6.61. The molecule has 1 heterocycles. The molecule has 3 rings (SSSR count). The van der Waals surface area contributed by atoms with Gasteiger partial charge in [0.05, 0.1) is 22.2 Å². The zero-order valence-electron chi connectivity index (χ0n) is 17.5. The van der Waals surface area contributed by atoms with Crippen molar-refractivity contribution >= 4 is 46.7 Å². The Morgan fingerprint density at radius 3 is 2.62 bits per heavy atom. The molecule has 10 heteroatoms. The number of ether oxygens (including phenoxy) is 2. The third kappa shape index (κ3) is 7.56. The van der Waals surface area contributed by atoms with Crippen LogP contribution in [-0.4, -0.2) is 24.6 Å². The quantitative estimate of drug-likeness (QED) is 0.183. The lowest BCUT2D eigenvalue weighted by atomic mass is 10.2. The molecule has 0 spiro atoms. The van der Waals surface area contributed by atoms with Crippen molar-refractivity contribution in [2.45, 2.75) is 20.1 Å². The predicted octanol–water partition coefficient (Wildman–Crippen LogP) is 5.91. The molecule has 0 fully saturated rings. The highest BCUT2D eigenvalue weighted by Crippen LogP contribution is 2.30. The van der Waals surface area contributed by atoms with Gasteiger partial charge in [-0.2, -0.15) is 0 Å². The van der Waals surface area contributed by atoms with Gasteiger partial charge in [0.1, 0.15) is 6.61 Å². The van der Waals surface area contributed by atoms with Crippen LogP contribution in [0.3, 0.4) is 0 Å². The number of nitrogens with one attached hydrogen (secondary N) is 2. The molecule has 0 unspecified atom stereocenters. The van der Waals surface area contributed by atoms with E-state index in [9.17, 15) is 10.1 Å². The van der Waals surface area contributed by atoms with Gasteiger partial charge in [-0.25, -0.2) is 0 Å². The summed E-state index contributed by atoms with van der Waals surface area (Å²) in [6.07, 6.45) is 0. The normalized spacial score (nSPS) is 10.3. The number of thiophene rings is 1. The first-order valence-electron chi connectivity index (χ1n) is 9.86. The van der Waals surface area contributed by atoms with Crippen LogP contribution in [0.4, 0.5) is 11.4 Å². The molecule has 0 radical (unpaired) electrons. The maximum absolute atomic E-state index is 10.8. The van der Waals surface area contributed by atoms with Crippen molar-refractivity contribution < 1.29 is 14.4 Å². The Balaban J connectivity index is 0.00000363. The molecule has 7 nitrogen and oxygen atoms in total. The summed E-state index contributed by atoms with van der Waals surface area (Å²) in [5, 5.41) is 19.7. The fourth-order valence-corrected chi connectivity index (χ4v) is 3.73. The summed E-state index contributed by atoms with van der Waals surface area (Å²) in [5.74, 6) is 1.46. The molecule has 1 aromatic heterocycles. The van der Waals surface area contributed by atoms with Crippen LogP contribution in [-0.2, 0) is 13.2 Å². The Kier molecular flexibility index (Phi) is 10.6. The summed E-state index contributed by atoms with van der Waals surface area (Å²) in [6, 6.07) is 14.4. The van der Waals surface area contributed by atoms with Crippen LogP contribution in [0.25, 0.3) is 0 Å². The largest absolute Gasteiger partial charge is 0.490 e. The Bertz CT molecular complexity index is 1000. The second kappa shape index (κ2) is 13.1. The number of rotatable bonds is 12. The van der Waals surface area contributed by atoms with E-state index < -0.39 is 4.92 Å². The maximum Gasteiger partial charge on any atom is 0.271 e. The minimum absolute atomic E-state index is 0. The number of non-ortho nitro benzene ring substituents is 1.